The van der Waals surface area contributed by atoms with Crippen LogP contribution in [-0.2, 0) is 15.6 Å². The van der Waals surface area contributed by atoms with E-state index in [2.05, 4.69) is 11.6 Å². The largest absolute Gasteiger partial charge is 0.281 e. The number of carbonyl (C=O) groups is 1. The van der Waals surface area contributed by atoms with Gasteiger partial charge in [-0.3, -0.25) is 9.00 Å². The first kappa shape index (κ1) is 10.9. The highest BCUT2D eigenvalue weighted by atomic mass is 35.5. The lowest BCUT2D eigenvalue weighted by atomic mass is 10.8. The third-order valence-corrected chi connectivity index (χ3v) is 2.25. The molecule has 0 aromatic rings. The van der Waals surface area contributed by atoms with E-state index in [1.165, 1.54) is 0 Å². The maximum atomic E-state index is 12.0. The van der Waals surface area contributed by atoms with Gasteiger partial charge in [-0.15, -0.1) is 0 Å². The molecule has 0 amide bonds. The molecule has 0 spiro atoms. The van der Waals surface area contributed by atoms with Gasteiger partial charge in [0.1, 0.15) is 5.75 Å². The molecule has 0 aromatic carbocycles. The summed E-state index contributed by atoms with van der Waals surface area (Å²) < 4.78 is 45.2. The Labute approximate surface area is 68.2 Å². The number of rotatable bonds is 4. The first-order chi connectivity index (χ1) is 4.95. The molecule has 0 saturated carbocycles. The van der Waals surface area contributed by atoms with Gasteiger partial charge in [-0.25, -0.2) is 13.2 Å². The van der Waals surface area contributed by atoms with E-state index in [9.17, 15) is 22.2 Å². The minimum Gasteiger partial charge on any atom is -0.280 e. The lowest BCUT2D eigenvalue weighted by molar-refractivity contribution is -0.109. The highest BCUT2D eigenvalue weighted by Crippen LogP contribution is 2.10. The number of alkyl halides is 3. The molecular formula is C4H4ClF3O2S. The Kier molecular flexibility index (Phi) is 4.67. The van der Waals surface area contributed by atoms with Gasteiger partial charge in [-0.1, -0.05) is 0 Å². The van der Waals surface area contributed by atoms with Crippen LogP contribution in [0.3, 0.4) is 0 Å². The highest BCUT2D eigenvalue weighted by molar-refractivity contribution is 7.86. The Bertz CT molecular complexity index is 175. The second-order valence-corrected chi connectivity index (χ2v) is 3.49. The second-order valence-electron chi connectivity index (χ2n) is 1.57. The number of hydrogen-bond acceptors (Lipinski definition) is 2. The van der Waals surface area contributed by atoms with Gasteiger partial charge in [0.2, 0.25) is 10.7 Å². The molecule has 2 unspecified atom stereocenters. The first-order valence-corrected chi connectivity index (χ1v) is 4.19. The number of halogens is 4. The van der Waals surface area contributed by atoms with Crippen molar-refractivity contribution < 1.29 is 22.2 Å². The third kappa shape index (κ3) is 4.36. The minimum atomic E-state index is -3.34. The molecule has 7 heteroatoms. The molecule has 0 saturated heterocycles. The maximum Gasteiger partial charge on any atom is 0.281 e. The molecule has 0 N–H and O–H groups in total. The quantitative estimate of drug-likeness (QED) is 0.648. The summed E-state index contributed by atoms with van der Waals surface area (Å²) in [6, 6.07) is 0. The predicted octanol–water partition coefficient (Wildman–Crippen LogP) is 1.06. The van der Waals surface area contributed by atoms with Crippen LogP contribution >= 0.6 is 11.6 Å². The van der Waals surface area contributed by atoms with Crippen molar-refractivity contribution >= 4 is 27.6 Å². The standard InChI is InChI=1S/C4H4ClF3O2S/c5-2(9)1-11(10)4(8)3(6)7/h3-4H,1H2. The lowest BCUT2D eigenvalue weighted by Gasteiger charge is -2.03. The van der Waals surface area contributed by atoms with Crippen LogP contribution in [0.4, 0.5) is 13.2 Å². The van der Waals surface area contributed by atoms with E-state index in [0.717, 1.165) is 0 Å². The summed E-state index contributed by atoms with van der Waals surface area (Å²) in [6.45, 7) is 0. The summed E-state index contributed by atoms with van der Waals surface area (Å²) >= 11 is 4.68. The normalized spacial score (nSPS) is 16.5. The summed E-state index contributed by atoms with van der Waals surface area (Å²) in [4.78, 5) is 9.94. The highest BCUT2D eigenvalue weighted by Gasteiger charge is 2.27. The topological polar surface area (TPSA) is 34.1 Å². The van der Waals surface area contributed by atoms with Crippen molar-refractivity contribution in [3.05, 3.63) is 0 Å². The van der Waals surface area contributed by atoms with Gasteiger partial charge in [0.05, 0.1) is 10.8 Å². The average molecular weight is 209 g/mol. The van der Waals surface area contributed by atoms with Crippen LogP contribution in [0.2, 0.25) is 0 Å². The predicted molar refractivity (Wildman–Crippen MR) is 34.8 cm³/mol. The van der Waals surface area contributed by atoms with Gasteiger partial charge >= 0.3 is 0 Å². The van der Waals surface area contributed by atoms with Crippen molar-refractivity contribution in [1.82, 2.24) is 0 Å². The molecule has 0 aliphatic heterocycles. The molecule has 0 aromatic heterocycles. The fourth-order valence-electron chi connectivity index (χ4n) is 0.306. The van der Waals surface area contributed by atoms with E-state index >= 15 is 0 Å². The molecule has 0 aliphatic rings. The number of carbonyl (C=O) groups excluding carboxylic acids is 1. The van der Waals surface area contributed by atoms with Crippen molar-refractivity contribution in [2.45, 2.75) is 11.9 Å². The Morgan fingerprint density at radius 1 is 1.45 bits per heavy atom. The maximum absolute atomic E-state index is 12.0. The van der Waals surface area contributed by atoms with Crippen LogP contribution in [0.15, 0.2) is 0 Å². The lowest BCUT2D eigenvalue weighted by Crippen LogP contribution is -2.22. The van der Waals surface area contributed by atoms with E-state index in [0.29, 0.717) is 0 Å². The summed E-state index contributed by atoms with van der Waals surface area (Å²) in [7, 11) is -2.52. The second kappa shape index (κ2) is 4.71. The van der Waals surface area contributed by atoms with Crippen molar-refractivity contribution in [2.24, 2.45) is 0 Å². The fourth-order valence-corrected chi connectivity index (χ4v) is 1.24. The molecule has 0 heterocycles. The van der Waals surface area contributed by atoms with Crippen molar-refractivity contribution in [3.63, 3.8) is 0 Å². The van der Waals surface area contributed by atoms with Gasteiger partial charge in [0.15, 0.2) is 0 Å². The molecule has 0 aliphatic carbocycles. The van der Waals surface area contributed by atoms with Gasteiger partial charge in [-0.05, 0) is 11.6 Å². The van der Waals surface area contributed by atoms with Crippen LogP contribution in [0.5, 0.6) is 0 Å². The molecular weight excluding hydrogens is 205 g/mol. The van der Waals surface area contributed by atoms with Crippen molar-refractivity contribution in [1.29, 1.82) is 0 Å². The summed E-state index contributed by atoms with van der Waals surface area (Å²) in [5.74, 6) is -0.882. The van der Waals surface area contributed by atoms with Crippen molar-refractivity contribution in [2.75, 3.05) is 5.75 Å². The molecule has 66 valence electrons. The molecule has 2 atom stereocenters. The van der Waals surface area contributed by atoms with E-state index in [1.54, 1.807) is 0 Å². The van der Waals surface area contributed by atoms with Gasteiger partial charge in [-0.2, -0.15) is 0 Å². The van der Waals surface area contributed by atoms with Gasteiger partial charge in [0, 0.05) is 0 Å². The SMILES string of the molecule is O=C(Cl)CS(=O)C(F)C(F)F. The Hall–Kier alpha value is -0.100. The smallest absolute Gasteiger partial charge is 0.280 e. The minimum absolute atomic E-state index is 0.882. The third-order valence-electron chi connectivity index (χ3n) is 0.705. The van der Waals surface area contributed by atoms with Crippen molar-refractivity contribution in [3.8, 4) is 0 Å². The van der Waals surface area contributed by atoms with E-state index in [1.807, 2.05) is 0 Å². The van der Waals surface area contributed by atoms with Gasteiger partial charge in [0.25, 0.3) is 6.43 Å². The Morgan fingerprint density at radius 3 is 2.18 bits per heavy atom. The van der Waals surface area contributed by atoms with Crippen LogP contribution in [0.1, 0.15) is 0 Å². The molecule has 11 heavy (non-hydrogen) atoms. The van der Waals surface area contributed by atoms with Crippen LogP contribution in [0.25, 0.3) is 0 Å². The summed E-state index contributed by atoms with van der Waals surface area (Å²) in [5, 5.41) is -1.09. The Balaban J connectivity index is 3.93. The Morgan fingerprint density at radius 2 is 1.91 bits per heavy atom. The molecule has 0 radical (unpaired) electrons. The molecule has 0 fully saturated rings. The monoisotopic (exact) mass is 208 g/mol. The fraction of sp³-hybridized carbons (Fsp3) is 0.750. The molecule has 0 rings (SSSR count). The molecule has 2 nitrogen and oxygen atoms in total. The van der Waals surface area contributed by atoms with Crippen LogP contribution < -0.4 is 0 Å². The summed E-state index contributed by atoms with van der Waals surface area (Å²) in [6.07, 6.45) is -3.34. The zero-order valence-corrected chi connectivity index (χ0v) is 6.67. The number of hydrogen-bond donors (Lipinski definition) is 0. The van der Waals surface area contributed by atoms with Gasteiger partial charge < -0.3 is 0 Å². The zero-order chi connectivity index (χ0) is 9.02. The van der Waals surface area contributed by atoms with Crippen LogP contribution in [-0.4, -0.2) is 27.1 Å². The van der Waals surface area contributed by atoms with E-state index < -0.39 is 33.7 Å². The van der Waals surface area contributed by atoms with Crippen LogP contribution in [0, 0.1) is 0 Å². The average Bonchev–Trinajstić information content (AvgIpc) is 1.84. The van der Waals surface area contributed by atoms with E-state index in [-0.39, 0.29) is 0 Å². The zero-order valence-electron chi connectivity index (χ0n) is 5.10. The first-order valence-electron chi connectivity index (χ1n) is 2.43. The molecule has 0 bridgehead atoms. The summed E-state index contributed by atoms with van der Waals surface area (Å²) in [5.41, 5.74) is -2.79. The van der Waals surface area contributed by atoms with E-state index in [4.69, 9.17) is 0 Å².